The van der Waals surface area contributed by atoms with E-state index >= 15 is 0 Å². The van der Waals surface area contributed by atoms with E-state index in [2.05, 4.69) is 9.46 Å². The Morgan fingerprint density at radius 2 is 2.00 bits per heavy atom. The van der Waals surface area contributed by atoms with Gasteiger partial charge in [-0.3, -0.25) is 0 Å². The molecule has 0 aromatic carbocycles. The van der Waals surface area contributed by atoms with E-state index in [0.29, 0.717) is 0 Å². The van der Waals surface area contributed by atoms with Crippen molar-refractivity contribution in [1.29, 1.82) is 0 Å². The molecule has 0 fully saturated rings. The van der Waals surface area contributed by atoms with Crippen molar-refractivity contribution >= 4 is 10.0 Å². The summed E-state index contributed by atoms with van der Waals surface area (Å²) in [4.78, 5) is 0. The average molecular weight is 181 g/mol. The Labute approximate surface area is 68.0 Å². The Morgan fingerprint density at radius 1 is 1.45 bits per heavy atom. The summed E-state index contributed by atoms with van der Waals surface area (Å²) in [5.74, 6) is 0.0294. The third-order valence-electron chi connectivity index (χ3n) is 0.971. The van der Waals surface area contributed by atoms with Crippen LogP contribution in [0.1, 0.15) is 13.8 Å². The number of sulfonamides is 1. The average Bonchev–Trinajstić information content (AvgIpc) is 1.81. The fourth-order valence-corrected chi connectivity index (χ4v) is 1.83. The zero-order valence-corrected chi connectivity index (χ0v) is 7.94. The second kappa shape index (κ2) is 4.69. The Hall–Kier alpha value is -0.130. The van der Waals surface area contributed by atoms with Crippen LogP contribution in [0.4, 0.5) is 0 Å². The first-order chi connectivity index (χ1) is 4.98. The largest absolute Gasteiger partial charge is 0.384 e. The molecule has 0 spiro atoms. The predicted octanol–water partition coefficient (Wildman–Crippen LogP) is -0.0394. The normalized spacial score (nSPS) is 12.4. The highest BCUT2D eigenvalue weighted by Crippen LogP contribution is 1.87. The van der Waals surface area contributed by atoms with Crippen LogP contribution in [0.25, 0.3) is 0 Å². The first-order valence-electron chi connectivity index (χ1n) is 3.47. The molecule has 5 heteroatoms. The summed E-state index contributed by atoms with van der Waals surface area (Å²) >= 11 is 0. The molecule has 1 N–H and O–H groups in total. The number of nitrogens with one attached hydrogen (secondary N) is 1. The lowest BCUT2D eigenvalue weighted by atomic mass is 10.4. The molecule has 0 unspecified atom stereocenters. The molecule has 0 radical (unpaired) electrons. The van der Waals surface area contributed by atoms with Gasteiger partial charge in [0.1, 0.15) is 0 Å². The molecular weight excluding hydrogens is 166 g/mol. The first-order valence-corrected chi connectivity index (χ1v) is 5.12. The maximum Gasteiger partial charge on any atom is 0.214 e. The minimum absolute atomic E-state index is 0.0294. The highest BCUT2D eigenvalue weighted by Gasteiger charge is 2.10. The van der Waals surface area contributed by atoms with Crippen molar-refractivity contribution in [2.75, 3.05) is 19.5 Å². The van der Waals surface area contributed by atoms with E-state index < -0.39 is 10.0 Å². The van der Waals surface area contributed by atoms with Crippen LogP contribution in [0.3, 0.4) is 0 Å². The summed E-state index contributed by atoms with van der Waals surface area (Å²) < 4.78 is 29.1. The summed E-state index contributed by atoms with van der Waals surface area (Å²) in [6.07, 6.45) is 0. The SMILES string of the molecule is COCCS(=O)(=O)NC(C)C. The van der Waals surface area contributed by atoms with Crippen molar-refractivity contribution in [2.45, 2.75) is 19.9 Å². The van der Waals surface area contributed by atoms with Crippen LogP contribution in [0, 0.1) is 0 Å². The van der Waals surface area contributed by atoms with Gasteiger partial charge in [-0.15, -0.1) is 0 Å². The number of hydrogen-bond donors (Lipinski definition) is 1. The molecule has 4 nitrogen and oxygen atoms in total. The van der Waals surface area contributed by atoms with Crippen LogP contribution in [0.15, 0.2) is 0 Å². The van der Waals surface area contributed by atoms with Crippen LogP contribution in [-0.4, -0.2) is 33.9 Å². The van der Waals surface area contributed by atoms with Crippen molar-refractivity contribution in [3.63, 3.8) is 0 Å². The highest BCUT2D eigenvalue weighted by atomic mass is 32.2. The number of ether oxygens (including phenoxy) is 1. The number of hydrogen-bond acceptors (Lipinski definition) is 3. The van der Waals surface area contributed by atoms with Crippen molar-refractivity contribution in [2.24, 2.45) is 0 Å². The van der Waals surface area contributed by atoms with E-state index in [1.165, 1.54) is 7.11 Å². The molecule has 0 aliphatic carbocycles. The third kappa shape index (κ3) is 6.28. The van der Waals surface area contributed by atoms with Crippen molar-refractivity contribution in [3.8, 4) is 0 Å². The minimum atomic E-state index is -3.12. The molecule has 0 saturated heterocycles. The monoisotopic (exact) mass is 181 g/mol. The predicted molar refractivity (Wildman–Crippen MR) is 43.9 cm³/mol. The van der Waals surface area contributed by atoms with Crippen molar-refractivity contribution in [1.82, 2.24) is 4.72 Å². The minimum Gasteiger partial charge on any atom is -0.384 e. The summed E-state index contributed by atoms with van der Waals surface area (Å²) in [6.45, 7) is 3.80. The van der Waals surface area contributed by atoms with E-state index in [-0.39, 0.29) is 18.4 Å². The summed E-state index contributed by atoms with van der Waals surface area (Å²) in [5.41, 5.74) is 0. The summed E-state index contributed by atoms with van der Waals surface area (Å²) in [5, 5.41) is 0. The van der Waals surface area contributed by atoms with E-state index in [9.17, 15) is 8.42 Å². The molecule has 0 aliphatic heterocycles. The highest BCUT2D eigenvalue weighted by molar-refractivity contribution is 7.89. The van der Waals surface area contributed by atoms with Gasteiger partial charge in [-0.25, -0.2) is 13.1 Å². The second-order valence-electron chi connectivity index (χ2n) is 2.58. The zero-order chi connectivity index (χ0) is 8.91. The van der Waals surface area contributed by atoms with Gasteiger partial charge >= 0.3 is 0 Å². The Bertz CT molecular complexity index is 186. The first kappa shape index (κ1) is 10.9. The van der Waals surface area contributed by atoms with Crippen LogP contribution in [0.5, 0.6) is 0 Å². The maximum absolute atomic E-state index is 11.0. The molecule has 11 heavy (non-hydrogen) atoms. The Kier molecular flexibility index (Phi) is 4.63. The van der Waals surface area contributed by atoms with Crippen molar-refractivity contribution in [3.05, 3.63) is 0 Å². The summed E-state index contributed by atoms with van der Waals surface area (Å²) in [6, 6.07) is -0.0446. The van der Waals surface area contributed by atoms with E-state index in [4.69, 9.17) is 0 Å². The number of rotatable bonds is 5. The van der Waals surface area contributed by atoms with Gasteiger partial charge in [0.2, 0.25) is 10.0 Å². The fourth-order valence-electron chi connectivity index (χ4n) is 0.611. The van der Waals surface area contributed by atoms with E-state index in [1.54, 1.807) is 13.8 Å². The van der Waals surface area contributed by atoms with Gasteiger partial charge < -0.3 is 4.74 Å². The molecule has 0 amide bonds. The molecule has 0 atom stereocenters. The standard InChI is InChI=1S/C6H15NO3S/c1-6(2)7-11(8,9)5-4-10-3/h6-7H,4-5H2,1-3H3. The number of methoxy groups -OCH3 is 1. The second-order valence-corrected chi connectivity index (χ2v) is 4.46. The fraction of sp³-hybridized carbons (Fsp3) is 1.00. The van der Waals surface area contributed by atoms with Crippen LogP contribution in [0.2, 0.25) is 0 Å². The van der Waals surface area contributed by atoms with Gasteiger partial charge in [-0.2, -0.15) is 0 Å². The molecule has 0 saturated carbocycles. The van der Waals surface area contributed by atoms with Crippen LogP contribution < -0.4 is 4.72 Å². The van der Waals surface area contributed by atoms with Gasteiger partial charge in [0.25, 0.3) is 0 Å². The molecule has 68 valence electrons. The molecule has 0 bridgehead atoms. The zero-order valence-electron chi connectivity index (χ0n) is 7.12. The molecule has 0 heterocycles. The summed E-state index contributed by atoms with van der Waals surface area (Å²) in [7, 11) is -1.64. The van der Waals surface area contributed by atoms with Crippen molar-refractivity contribution < 1.29 is 13.2 Å². The van der Waals surface area contributed by atoms with Gasteiger partial charge in [0.15, 0.2) is 0 Å². The Balaban J connectivity index is 3.82. The maximum atomic E-state index is 11.0. The molecular formula is C6H15NO3S. The lowest BCUT2D eigenvalue weighted by Crippen LogP contribution is -2.33. The topological polar surface area (TPSA) is 55.4 Å². The Morgan fingerprint density at radius 3 is 2.36 bits per heavy atom. The van der Waals surface area contributed by atoms with Crippen LogP contribution >= 0.6 is 0 Å². The van der Waals surface area contributed by atoms with Gasteiger partial charge in [0.05, 0.1) is 12.4 Å². The van der Waals surface area contributed by atoms with Gasteiger partial charge in [-0.05, 0) is 13.8 Å². The third-order valence-corrected chi connectivity index (χ3v) is 2.51. The van der Waals surface area contributed by atoms with E-state index in [1.807, 2.05) is 0 Å². The van der Waals surface area contributed by atoms with Gasteiger partial charge in [0, 0.05) is 13.2 Å². The smallest absolute Gasteiger partial charge is 0.214 e. The van der Waals surface area contributed by atoms with Gasteiger partial charge in [-0.1, -0.05) is 0 Å². The lowest BCUT2D eigenvalue weighted by molar-refractivity contribution is 0.217. The quantitative estimate of drug-likeness (QED) is 0.647. The van der Waals surface area contributed by atoms with Crippen LogP contribution in [-0.2, 0) is 14.8 Å². The lowest BCUT2D eigenvalue weighted by Gasteiger charge is -2.08. The molecule has 0 aliphatic rings. The molecule has 0 rings (SSSR count). The van der Waals surface area contributed by atoms with E-state index in [0.717, 1.165) is 0 Å². The molecule has 0 aromatic rings. The molecule has 0 aromatic heterocycles.